The number of furan rings is 1. The minimum Gasteiger partial charge on any atom is -0.463 e. The van der Waals surface area contributed by atoms with Gasteiger partial charge in [0.25, 0.3) is 0 Å². The summed E-state index contributed by atoms with van der Waals surface area (Å²) in [4.78, 5) is 0. The summed E-state index contributed by atoms with van der Waals surface area (Å²) in [5, 5.41) is 3.26. The van der Waals surface area contributed by atoms with Crippen LogP contribution in [-0.2, 0) is 13.1 Å². The van der Waals surface area contributed by atoms with Gasteiger partial charge in [0, 0.05) is 5.69 Å². The van der Waals surface area contributed by atoms with Crippen LogP contribution in [0.1, 0.15) is 11.5 Å². The first-order valence-electron chi connectivity index (χ1n) is 4.95. The third-order valence-electron chi connectivity index (χ3n) is 2.16. The van der Waals surface area contributed by atoms with Crippen LogP contribution in [0.2, 0.25) is 0 Å². The molecule has 0 bridgehead atoms. The third-order valence-corrected chi connectivity index (χ3v) is 2.16. The predicted molar refractivity (Wildman–Crippen MR) is 60.4 cm³/mol. The first kappa shape index (κ1) is 9.80. The lowest BCUT2D eigenvalue weighted by molar-refractivity contribution is 0.473. The normalized spacial score (nSPS) is 10.2. The Kier molecular flexibility index (Phi) is 3.05. The van der Waals surface area contributed by atoms with E-state index in [-0.39, 0.29) is 0 Å². The minimum absolute atomic E-state index is 0.450. The molecule has 1 heterocycles. The van der Waals surface area contributed by atoms with Crippen LogP contribution in [0.4, 0.5) is 5.69 Å². The zero-order valence-corrected chi connectivity index (χ0v) is 8.44. The second-order valence-electron chi connectivity index (χ2n) is 3.29. The van der Waals surface area contributed by atoms with Crippen LogP contribution < -0.4 is 11.1 Å². The van der Waals surface area contributed by atoms with E-state index in [1.54, 1.807) is 0 Å². The highest BCUT2D eigenvalue weighted by atomic mass is 16.3. The first-order valence-corrected chi connectivity index (χ1v) is 4.95. The van der Waals surface area contributed by atoms with Gasteiger partial charge in [-0.3, -0.25) is 0 Å². The van der Waals surface area contributed by atoms with Gasteiger partial charge in [-0.05, 0) is 24.3 Å². The molecule has 0 saturated carbocycles. The molecule has 3 nitrogen and oxygen atoms in total. The Balaban J connectivity index is 1.93. The minimum atomic E-state index is 0.450. The SMILES string of the molecule is NCc1ccc(CNc2ccccc2)o1. The van der Waals surface area contributed by atoms with Crippen molar-refractivity contribution in [2.45, 2.75) is 13.1 Å². The van der Waals surface area contributed by atoms with Crippen molar-refractivity contribution in [3.8, 4) is 0 Å². The van der Waals surface area contributed by atoms with E-state index in [9.17, 15) is 0 Å². The monoisotopic (exact) mass is 202 g/mol. The second kappa shape index (κ2) is 4.66. The van der Waals surface area contributed by atoms with Crippen LogP contribution in [-0.4, -0.2) is 0 Å². The van der Waals surface area contributed by atoms with E-state index >= 15 is 0 Å². The average molecular weight is 202 g/mol. The summed E-state index contributed by atoms with van der Waals surface area (Å²) < 4.78 is 5.47. The quantitative estimate of drug-likeness (QED) is 0.800. The van der Waals surface area contributed by atoms with Crippen molar-refractivity contribution in [2.24, 2.45) is 5.73 Å². The Labute approximate surface area is 88.9 Å². The van der Waals surface area contributed by atoms with Crippen LogP contribution in [0.3, 0.4) is 0 Å². The Morgan fingerprint density at radius 3 is 2.40 bits per heavy atom. The van der Waals surface area contributed by atoms with Crippen LogP contribution in [0.25, 0.3) is 0 Å². The van der Waals surface area contributed by atoms with Crippen molar-refractivity contribution < 1.29 is 4.42 Å². The molecule has 78 valence electrons. The summed E-state index contributed by atoms with van der Waals surface area (Å²) in [6.45, 7) is 1.13. The molecule has 2 rings (SSSR count). The van der Waals surface area contributed by atoms with Crippen LogP contribution >= 0.6 is 0 Å². The summed E-state index contributed by atoms with van der Waals surface area (Å²) in [5.41, 5.74) is 6.54. The highest BCUT2D eigenvalue weighted by Crippen LogP contribution is 2.11. The zero-order valence-electron chi connectivity index (χ0n) is 8.44. The number of rotatable bonds is 4. The molecule has 2 aromatic rings. The average Bonchev–Trinajstić information content (AvgIpc) is 2.76. The van der Waals surface area contributed by atoms with Gasteiger partial charge in [-0.2, -0.15) is 0 Å². The van der Waals surface area contributed by atoms with E-state index in [0.29, 0.717) is 13.1 Å². The molecule has 0 unspecified atom stereocenters. The molecular weight excluding hydrogens is 188 g/mol. The van der Waals surface area contributed by atoms with Crippen molar-refractivity contribution in [1.82, 2.24) is 0 Å². The van der Waals surface area contributed by atoms with Gasteiger partial charge in [0.15, 0.2) is 0 Å². The fourth-order valence-corrected chi connectivity index (χ4v) is 1.37. The Hall–Kier alpha value is -1.74. The summed E-state index contributed by atoms with van der Waals surface area (Å²) in [7, 11) is 0. The summed E-state index contributed by atoms with van der Waals surface area (Å²) in [5.74, 6) is 1.72. The standard InChI is InChI=1S/C12H14N2O/c13-8-11-6-7-12(15-11)9-14-10-4-2-1-3-5-10/h1-7,14H,8-9,13H2. The predicted octanol–water partition coefficient (Wildman–Crippen LogP) is 2.35. The Bertz CT molecular complexity index is 409. The van der Waals surface area contributed by atoms with Gasteiger partial charge in [-0.1, -0.05) is 18.2 Å². The van der Waals surface area contributed by atoms with E-state index in [4.69, 9.17) is 10.2 Å². The molecule has 0 saturated heterocycles. The van der Waals surface area contributed by atoms with Gasteiger partial charge in [-0.15, -0.1) is 0 Å². The first-order chi connectivity index (χ1) is 7.38. The molecule has 0 aliphatic rings. The van der Waals surface area contributed by atoms with Gasteiger partial charge in [0.1, 0.15) is 11.5 Å². The maximum atomic E-state index is 5.47. The molecule has 0 aliphatic heterocycles. The number of hydrogen-bond acceptors (Lipinski definition) is 3. The lowest BCUT2D eigenvalue weighted by atomic mass is 10.3. The summed E-state index contributed by atoms with van der Waals surface area (Å²) in [6, 6.07) is 13.9. The molecule has 0 radical (unpaired) electrons. The number of hydrogen-bond donors (Lipinski definition) is 2. The second-order valence-corrected chi connectivity index (χ2v) is 3.29. The zero-order chi connectivity index (χ0) is 10.5. The van der Waals surface area contributed by atoms with Crippen molar-refractivity contribution in [1.29, 1.82) is 0 Å². The maximum Gasteiger partial charge on any atom is 0.123 e. The molecule has 15 heavy (non-hydrogen) atoms. The van der Waals surface area contributed by atoms with Crippen LogP contribution in [0.15, 0.2) is 46.9 Å². The lowest BCUT2D eigenvalue weighted by Gasteiger charge is -2.03. The topological polar surface area (TPSA) is 51.2 Å². The Morgan fingerprint density at radius 1 is 1.00 bits per heavy atom. The number of nitrogens with two attached hydrogens (primary N) is 1. The number of benzene rings is 1. The van der Waals surface area contributed by atoms with E-state index < -0.39 is 0 Å². The maximum absolute atomic E-state index is 5.47. The number of para-hydroxylation sites is 1. The van der Waals surface area contributed by atoms with E-state index in [0.717, 1.165) is 17.2 Å². The molecule has 0 aliphatic carbocycles. The largest absolute Gasteiger partial charge is 0.463 e. The Morgan fingerprint density at radius 2 is 1.73 bits per heavy atom. The molecular formula is C12H14N2O. The van der Waals surface area contributed by atoms with Crippen molar-refractivity contribution in [3.05, 3.63) is 54.0 Å². The smallest absolute Gasteiger partial charge is 0.123 e. The lowest BCUT2D eigenvalue weighted by Crippen LogP contribution is -1.98. The molecule has 0 fully saturated rings. The molecule has 1 aromatic carbocycles. The summed E-state index contributed by atoms with van der Waals surface area (Å²) in [6.07, 6.45) is 0. The van der Waals surface area contributed by atoms with Gasteiger partial charge in [-0.25, -0.2) is 0 Å². The van der Waals surface area contributed by atoms with Gasteiger partial charge in [0.05, 0.1) is 13.1 Å². The molecule has 1 aromatic heterocycles. The van der Waals surface area contributed by atoms with E-state index in [2.05, 4.69) is 5.32 Å². The molecule has 0 spiro atoms. The van der Waals surface area contributed by atoms with E-state index in [1.165, 1.54) is 0 Å². The van der Waals surface area contributed by atoms with E-state index in [1.807, 2.05) is 42.5 Å². The van der Waals surface area contributed by atoms with Gasteiger partial charge in [0.2, 0.25) is 0 Å². The van der Waals surface area contributed by atoms with Crippen molar-refractivity contribution >= 4 is 5.69 Å². The molecule has 3 N–H and O–H groups in total. The summed E-state index contributed by atoms with van der Waals surface area (Å²) >= 11 is 0. The van der Waals surface area contributed by atoms with Crippen LogP contribution in [0, 0.1) is 0 Å². The third kappa shape index (κ3) is 2.60. The fraction of sp³-hybridized carbons (Fsp3) is 0.167. The fourth-order valence-electron chi connectivity index (χ4n) is 1.37. The highest BCUT2D eigenvalue weighted by molar-refractivity contribution is 5.42. The highest BCUT2D eigenvalue weighted by Gasteiger charge is 1.99. The van der Waals surface area contributed by atoms with Crippen LogP contribution in [0.5, 0.6) is 0 Å². The number of nitrogens with one attached hydrogen (secondary N) is 1. The number of anilines is 1. The van der Waals surface area contributed by atoms with Gasteiger partial charge < -0.3 is 15.5 Å². The van der Waals surface area contributed by atoms with Crippen molar-refractivity contribution in [3.63, 3.8) is 0 Å². The molecule has 0 atom stereocenters. The van der Waals surface area contributed by atoms with Gasteiger partial charge >= 0.3 is 0 Å². The van der Waals surface area contributed by atoms with Crippen molar-refractivity contribution in [2.75, 3.05) is 5.32 Å². The molecule has 3 heteroatoms. The molecule has 0 amide bonds.